The molecule has 118 valence electrons. The van der Waals surface area contributed by atoms with Crippen molar-refractivity contribution in [3.63, 3.8) is 0 Å². The van der Waals surface area contributed by atoms with Gasteiger partial charge in [0.2, 0.25) is 0 Å². The summed E-state index contributed by atoms with van der Waals surface area (Å²) in [6.07, 6.45) is 0. The number of para-hydroxylation sites is 1. The number of hydrogen-bond donors (Lipinski definition) is 0. The predicted octanol–water partition coefficient (Wildman–Crippen LogP) is 3.33. The first kappa shape index (κ1) is 15.0. The number of aromatic nitrogens is 1. The van der Waals surface area contributed by atoms with Gasteiger partial charge < -0.3 is 13.9 Å². The monoisotopic (exact) mass is 313 g/mol. The molecule has 2 aromatic heterocycles. The van der Waals surface area contributed by atoms with Crippen molar-refractivity contribution >= 4 is 34.0 Å². The van der Waals surface area contributed by atoms with Gasteiger partial charge in [0.1, 0.15) is 11.1 Å². The summed E-state index contributed by atoms with van der Waals surface area (Å²) in [5.74, 6) is -1.30. The van der Waals surface area contributed by atoms with E-state index in [0.717, 1.165) is 5.39 Å². The van der Waals surface area contributed by atoms with E-state index < -0.39 is 11.9 Å². The molecule has 0 radical (unpaired) electrons. The Morgan fingerprint density at radius 1 is 1.04 bits per heavy atom. The molecule has 3 rings (SSSR count). The largest absolute Gasteiger partial charge is 0.462 e. The smallest absolute Gasteiger partial charge is 0.357 e. The molecule has 0 spiro atoms. The second kappa shape index (κ2) is 6.08. The molecular weight excluding hydrogens is 298 g/mol. The first-order valence-electron chi connectivity index (χ1n) is 7.32. The quantitative estimate of drug-likeness (QED) is 0.687. The van der Waals surface area contributed by atoms with E-state index in [1.807, 2.05) is 18.2 Å². The van der Waals surface area contributed by atoms with Crippen LogP contribution in [-0.2, 0) is 9.47 Å². The van der Waals surface area contributed by atoms with Gasteiger partial charge in [-0.05, 0) is 26.0 Å². The fraction of sp³-hybridized carbons (Fsp3) is 0.235. The minimum Gasteiger partial charge on any atom is -0.462 e. The fourth-order valence-corrected chi connectivity index (χ4v) is 2.35. The van der Waals surface area contributed by atoms with Crippen molar-refractivity contribution < 1.29 is 23.5 Å². The van der Waals surface area contributed by atoms with Crippen molar-refractivity contribution in [1.82, 2.24) is 4.98 Å². The molecule has 0 saturated heterocycles. The lowest BCUT2D eigenvalue weighted by Crippen LogP contribution is -2.16. The topological polar surface area (TPSA) is 78.6 Å². The van der Waals surface area contributed by atoms with E-state index in [0.29, 0.717) is 16.7 Å². The Labute approximate surface area is 132 Å². The molecule has 23 heavy (non-hydrogen) atoms. The molecule has 6 heteroatoms. The number of hydrogen-bond acceptors (Lipinski definition) is 6. The van der Waals surface area contributed by atoms with Crippen LogP contribution in [0.25, 0.3) is 22.1 Å². The number of carbonyl (C=O) groups excluding carboxylic acids is 2. The second-order valence-corrected chi connectivity index (χ2v) is 4.77. The van der Waals surface area contributed by atoms with E-state index in [4.69, 9.17) is 13.9 Å². The Kier molecular flexibility index (Phi) is 3.97. The van der Waals surface area contributed by atoms with Gasteiger partial charge in [-0.25, -0.2) is 14.6 Å². The Hall–Kier alpha value is -2.89. The Morgan fingerprint density at radius 2 is 1.74 bits per heavy atom. The second-order valence-electron chi connectivity index (χ2n) is 4.77. The van der Waals surface area contributed by atoms with E-state index in [-0.39, 0.29) is 24.5 Å². The van der Waals surface area contributed by atoms with E-state index >= 15 is 0 Å². The molecule has 0 aliphatic heterocycles. The van der Waals surface area contributed by atoms with Crippen LogP contribution in [0.1, 0.15) is 34.7 Å². The van der Waals surface area contributed by atoms with E-state index in [1.54, 1.807) is 19.9 Å². The van der Waals surface area contributed by atoms with Crippen molar-refractivity contribution in [2.24, 2.45) is 0 Å². The van der Waals surface area contributed by atoms with Crippen LogP contribution < -0.4 is 0 Å². The summed E-state index contributed by atoms with van der Waals surface area (Å²) in [6.45, 7) is 3.76. The van der Waals surface area contributed by atoms with Gasteiger partial charge in [0, 0.05) is 11.5 Å². The van der Waals surface area contributed by atoms with Crippen LogP contribution in [0, 0.1) is 0 Å². The van der Waals surface area contributed by atoms with Crippen LogP contribution in [0.15, 0.2) is 34.7 Å². The molecule has 0 aliphatic rings. The number of pyridine rings is 1. The Morgan fingerprint density at radius 3 is 2.48 bits per heavy atom. The number of rotatable bonds is 4. The summed E-state index contributed by atoms with van der Waals surface area (Å²) >= 11 is 0. The number of ether oxygens (including phenoxy) is 2. The Bertz CT molecular complexity index is 897. The highest BCUT2D eigenvalue weighted by Gasteiger charge is 2.24. The number of furan rings is 1. The summed E-state index contributed by atoms with van der Waals surface area (Å²) < 4.78 is 15.7. The summed E-state index contributed by atoms with van der Waals surface area (Å²) in [4.78, 5) is 28.6. The maximum absolute atomic E-state index is 12.2. The maximum atomic E-state index is 12.2. The van der Waals surface area contributed by atoms with Crippen molar-refractivity contribution in [3.05, 3.63) is 41.6 Å². The third-order valence-corrected chi connectivity index (χ3v) is 3.31. The van der Waals surface area contributed by atoms with Gasteiger partial charge in [0.15, 0.2) is 11.3 Å². The highest BCUT2D eigenvalue weighted by molar-refractivity contribution is 6.09. The first-order valence-corrected chi connectivity index (χ1v) is 7.32. The zero-order valence-corrected chi connectivity index (χ0v) is 12.8. The average molecular weight is 313 g/mol. The number of fused-ring (bicyclic) bond motifs is 3. The average Bonchev–Trinajstić information content (AvgIpc) is 2.91. The summed E-state index contributed by atoms with van der Waals surface area (Å²) in [6, 6.07) is 8.80. The van der Waals surface area contributed by atoms with Crippen LogP contribution in [0.5, 0.6) is 0 Å². The van der Waals surface area contributed by atoms with Gasteiger partial charge >= 0.3 is 11.9 Å². The molecular formula is C17H15NO5. The maximum Gasteiger partial charge on any atom is 0.357 e. The predicted molar refractivity (Wildman–Crippen MR) is 83.4 cm³/mol. The van der Waals surface area contributed by atoms with E-state index in [1.165, 1.54) is 6.07 Å². The molecule has 3 aromatic rings. The normalized spacial score (nSPS) is 10.9. The summed E-state index contributed by atoms with van der Waals surface area (Å²) in [7, 11) is 0. The van der Waals surface area contributed by atoms with Crippen LogP contribution in [0.4, 0.5) is 0 Å². The third-order valence-electron chi connectivity index (χ3n) is 3.31. The van der Waals surface area contributed by atoms with Crippen LogP contribution in [-0.4, -0.2) is 30.1 Å². The SMILES string of the molecule is CCOC(=O)c1cc2oc3ccccc3c2nc1C(=O)OCC. The van der Waals surface area contributed by atoms with Crippen molar-refractivity contribution in [2.45, 2.75) is 13.8 Å². The van der Waals surface area contributed by atoms with Crippen molar-refractivity contribution in [3.8, 4) is 0 Å². The van der Waals surface area contributed by atoms with Gasteiger partial charge in [-0.1, -0.05) is 12.1 Å². The molecule has 2 heterocycles. The fourth-order valence-electron chi connectivity index (χ4n) is 2.35. The van der Waals surface area contributed by atoms with Crippen LogP contribution >= 0.6 is 0 Å². The van der Waals surface area contributed by atoms with Gasteiger partial charge in [-0.15, -0.1) is 0 Å². The number of benzene rings is 1. The molecule has 6 nitrogen and oxygen atoms in total. The zero-order chi connectivity index (χ0) is 16.4. The van der Waals surface area contributed by atoms with Gasteiger partial charge in [-0.3, -0.25) is 0 Å². The molecule has 0 amide bonds. The van der Waals surface area contributed by atoms with E-state index in [9.17, 15) is 9.59 Å². The minimum absolute atomic E-state index is 0.0388. The molecule has 0 atom stereocenters. The molecule has 1 aromatic carbocycles. The molecule has 0 unspecified atom stereocenters. The van der Waals surface area contributed by atoms with Crippen molar-refractivity contribution in [1.29, 1.82) is 0 Å². The molecule has 0 bridgehead atoms. The summed E-state index contributed by atoms with van der Waals surface area (Å²) in [5, 5.41) is 0.767. The van der Waals surface area contributed by atoms with E-state index in [2.05, 4.69) is 4.98 Å². The van der Waals surface area contributed by atoms with Gasteiger partial charge in [-0.2, -0.15) is 0 Å². The highest BCUT2D eigenvalue weighted by Crippen LogP contribution is 2.29. The molecule has 0 N–H and O–H groups in total. The highest BCUT2D eigenvalue weighted by atomic mass is 16.5. The number of carbonyl (C=O) groups is 2. The minimum atomic E-state index is -0.664. The standard InChI is InChI=1S/C17H15NO5/c1-3-21-16(19)11-9-13-14(18-15(11)17(20)22-4-2)10-7-5-6-8-12(10)23-13/h5-9H,3-4H2,1-2H3. The third kappa shape index (κ3) is 2.63. The van der Waals surface area contributed by atoms with Crippen LogP contribution in [0.3, 0.4) is 0 Å². The first-order chi connectivity index (χ1) is 11.2. The van der Waals surface area contributed by atoms with Crippen molar-refractivity contribution in [2.75, 3.05) is 13.2 Å². The van der Waals surface area contributed by atoms with Crippen LogP contribution in [0.2, 0.25) is 0 Å². The van der Waals surface area contributed by atoms with Gasteiger partial charge in [0.25, 0.3) is 0 Å². The van der Waals surface area contributed by atoms with Gasteiger partial charge in [0.05, 0.1) is 18.8 Å². The number of nitrogens with zero attached hydrogens (tertiary/aromatic N) is 1. The number of esters is 2. The summed E-state index contributed by atoms with van der Waals surface area (Å²) in [5.41, 5.74) is 1.53. The zero-order valence-electron chi connectivity index (χ0n) is 12.8. The molecule has 0 aliphatic carbocycles. The lowest BCUT2D eigenvalue weighted by Gasteiger charge is -2.07. The lowest BCUT2D eigenvalue weighted by molar-refractivity contribution is 0.0474. The lowest BCUT2D eigenvalue weighted by atomic mass is 10.1. The molecule has 0 fully saturated rings. The Balaban J connectivity index is 2.26. The molecule has 0 saturated carbocycles.